The van der Waals surface area contributed by atoms with Gasteiger partial charge < -0.3 is 52.6 Å². The zero-order valence-electron chi connectivity index (χ0n) is 50.1. The smallest absolute Gasteiger partial charge is 0.410 e. The van der Waals surface area contributed by atoms with Crippen LogP contribution in [0.2, 0.25) is 0 Å². The van der Waals surface area contributed by atoms with Crippen molar-refractivity contribution >= 4 is 47.3 Å². The summed E-state index contributed by atoms with van der Waals surface area (Å²) in [5.41, 5.74) is 19.4. The van der Waals surface area contributed by atoms with Gasteiger partial charge in [-0.2, -0.15) is 0 Å². The molecule has 0 fully saturated rings. The average molecular weight is 1120 g/mol. The number of carbonyl (C=O) groups is 8. The fourth-order valence-electron chi connectivity index (χ4n) is 8.98. The highest BCUT2D eigenvalue weighted by molar-refractivity contribution is 5.87. The first-order valence-electron chi connectivity index (χ1n) is 28.9. The van der Waals surface area contributed by atoms with Gasteiger partial charge in [0.2, 0.25) is 35.4 Å². The molecule has 9 N–H and O–H groups in total. The zero-order chi connectivity index (χ0) is 60.0. The summed E-state index contributed by atoms with van der Waals surface area (Å²) in [5, 5.41) is 8.64. The molecule has 0 aliphatic carbocycles. The molecule has 2 aromatic carbocycles. The number of nitrogens with one attached hydrogen (secondary N) is 3. The summed E-state index contributed by atoms with van der Waals surface area (Å²) in [7, 11) is 1.51. The van der Waals surface area contributed by atoms with Gasteiger partial charge in [-0.3, -0.25) is 38.5 Å². The van der Waals surface area contributed by atoms with Crippen molar-refractivity contribution in [2.24, 2.45) is 40.9 Å². The van der Waals surface area contributed by atoms with Crippen LogP contribution in [0.1, 0.15) is 131 Å². The number of likely N-dealkylation sites (N-methyl/N-ethyl adjacent to an activating group) is 1. The number of unbranched alkanes of at least 4 members (excludes halogenated alkanes) is 2. The quantitative estimate of drug-likeness (QED) is 0.0352. The standard InChI is InChI=1S/C33H48N6O5.C28H54N4O4/c1-3-20-44-33(43)39(22-28(35)16-10-11-19-34)25-31(41)37-29(21-27-14-8-5-9-15-27)23-38(24-30(40)36-2)32(42)18-17-26-12-6-4-7-13-26;1-20(2)13-25(18-32(17-24(8)33)28(36)15-22(5)6)30-26(34)19-31(27(35)14-21(3)4)16-23(7)11-9-10-12-29/h3-9,12-15,28-29H,1,10-11,16-25,34-35H2,2H3,(H,36,40)(H,37,41);20-23,25H,9-19,29H2,1-8H3,(H,30,34)/t28-,29-;23-,25-/m00/s1. The van der Waals surface area contributed by atoms with E-state index in [1.807, 2.05) is 88.4 Å². The summed E-state index contributed by atoms with van der Waals surface area (Å²) in [4.78, 5) is 109. The van der Waals surface area contributed by atoms with Gasteiger partial charge in [-0.1, -0.05) is 135 Å². The lowest BCUT2D eigenvalue weighted by molar-refractivity contribution is -0.138. The largest absolute Gasteiger partial charge is 0.445 e. The van der Waals surface area contributed by atoms with Gasteiger partial charge in [0, 0.05) is 64.6 Å². The first kappa shape index (κ1) is 71.8. The fourth-order valence-corrected chi connectivity index (χ4v) is 8.98. The Morgan fingerprint density at radius 3 is 1.59 bits per heavy atom. The Kier molecular flexibility index (Phi) is 37.5. The van der Waals surface area contributed by atoms with Crippen LogP contribution in [0.15, 0.2) is 73.3 Å². The van der Waals surface area contributed by atoms with E-state index in [-0.39, 0.29) is 130 Å². The molecule has 80 heavy (non-hydrogen) atoms. The molecule has 0 aliphatic rings. The molecule has 0 heterocycles. The van der Waals surface area contributed by atoms with E-state index in [4.69, 9.17) is 21.9 Å². The van der Waals surface area contributed by atoms with E-state index < -0.39 is 18.0 Å². The molecule has 2 aromatic rings. The molecule has 450 valence electrons. The Morgan fingerprint density at radius 2 is 1.07 bits per heavy atom. The summed E-state index contributed by atoms with van der Waals surface area (Å²) in [5.74, 6) is -0.434. The van der Waals surface area contributed by atoms with Crippen LogP contribution in [0.25, 0.3) is 0 Å². The van der Waals surface area contributed by atoms with Crippen LogP contribution in [0.4, 0.5) is 4.79 Å². The molecule has 0 aliphatic heterocycles. The number of Topliss-reactive ketones (excluding diaryl/α,β-unsaturated/α-hetero) is 1. The molecule has 0 bridgehead atoms. The van der Waals surface area contributed by atoms with Gasteiger partial charge in [-0.25, -0.2) is 4.79 Å². The topological polar surface area (TPSA) is 273 Å². The Labute approximate surface area is 479 Å². The lowest BCUT2D eigenvalue weighted by Crippen LogP contribution is -2.52. The zero-order valence-corrected chi connectivity index (χ0v) is 50.1. The minimum absolute atomic E-state index is 0.00442. The van der Waals surface area contributed by atoms with Crippen LogP contribution in [0, 0.1) is 23.7 Å². The molecule has 0 radical (unpaired) electrons. The van der Waals surface area contributed by atoms with Crippen LogP contribution in [-0.4, -0.2) is 164 Å². The maximum Gasteiger partial charge on any atom is 0.410 e. The number of ether oxygens (including phenoxy) is 1. The second kappa shape index (κ2) is 41.8. The number of aryl methyl sites for hydroxylation is 1. The Morgan fingerprint density at radius 1 is 0.588 bits per heavy atom. The molecule has 0 spiro atoms. The first-order valence-corrected chi connectivity index (χ1v) is 28.9. The normalized spacial score (nSPS) is 12.5. The van der Waals surface area contributed by atoms with Crippen molar-refractivity contribution in [2.45, 2.75) is 151 Å². The molecule has 2 rings (SSSR count). The summed E-state index contributed by atoms with van der Waals surface area (Å²) >= 11 is 0. The van der Waals surface area contributed by atoms with Crippen molar-refractivity contribution < 1.29 is 43.1 Å². The fraction of sp³-hybridized carbons (Fsp3) is 0.639. The molecule has 0 unspecified atom stereocenters. The van der Waals surface area contributed by atoms with Gasteiger partial charge >= 0.3 is 6.09 Å². The molecule has 7 amide bonds. The summed E-state index contributed by atoms with van der Waals surface area (Å²) in [6.07, 6.45) is 8.50. The second-order valence-corrected chi connectivity index (χ2v) is 22.4. The van der Waals surface area contributed by atoms with Crippen LogP contribution < -0.4 is 33.2 Å². The number of hydrogen-bond acceptors (Lipinski definition) is 12. The van der Waals surface area contributed by atoms with Gasteiger partial charge in [0.05, 0.1) is 25.7 Å². The lowest BCUT2D eigenvalue weighted by atomic mass is 10.0. The number of amides is 7. The summed E-state index contributed by atoms with van der Waals surface area (Å²) in [6.45, 7) is 21.0. The highest BCUT2D eigenvalue weighted by atomic mass is 16.6. The third-order valence-corrected chi connectivity index (χ3v) is 12.8. The summed E-state index contributed by atoms with van der Waals surface area (Å²) < 4.78 is 5.21. The molecule has 0 aromatic heterocycles. The third kappa shape index (κ3) is 34.1. The highest BCUT2D eigenvalue weighted by Crippen LogP contribution is 2.15. The predicted molar refractivity (Wildman–Crippen MR) is 318 cm³/mol. The minimum atomic E-state index is -0.675. The van der Waals surface area contributed by atoms with Crippen LogP contribution >= 0.6 is 0 Å². The van der Waals surface area contributed by atoms with Crippen molar-refractivity contribution in [3.63, 3.8) is 0 Å². The van der Waals surface area contributed by atoms with Crippen molar-refractivity contribution in [3.05, 3.63) is 84.4 Å². The van der Waals surface area contributed by atoms with Crippen LogP contribution in [0.3, 0.4) is 0 Å². The van der Waals surface area contributed by atoms with Crippen LogP contribution in [-0.2, 0) is 51.1 Å². The van der Waals surface area contributed by atoms with Gasteiger partial charge in [0.1, 0.15) is 18.9 Å². The van der Waals surface area contributed by atoms with E-state index in [0.717, 1.165) is 43.2 Å². The average Bonchev–Trinajstić information content (AvgIpc) is 3.38. The Bertz CT molecular complexity index is 2130. The Hall–Kier alpha value is -6.18. The van der Waals surface area contributed by atoms with E-state index in [0.29, 0.717) is 58.2 Å². The van der Waals surface area contributed by atoms with Crippen LogP contribution in [0.5, 0.6) is 0 Å². The SMILES string of the molecule is C=CCOC(=O)N(CC(=O)N[C@@H](Cc1ccccc1)CN(CC(=O)NC)C(=O)CCc1ccccc1)C[C@@H](N)CCCCN.CC(=O)CN(C[C@H](CC(C)C)NC(=O)CN(C[C@@H](C)CCCCN)C(=O)CC(C)C)C(=O)CC(C)C. The number of rotatable bonds is 39. The van der Waals surface area contributed by atoms with E-state index >= 15 is 0 Å². The number of nitrogens with zero attached hydrogens (tertiary/aromatic N) is 4. The second-order valence-electron chi connectivity index (χ2n) is 22.4. The van der Waals surface area contributed by atoms with Crippen molar-refractivity contribution in [3.8, 4) is 0 Å². The van der Waals surface area contributed by atoms with E-state index in [1.165, 1.54) is 29.8 Å². The number of nitrogens with two attached hydrogens (primary N) is 3. The molecular formula is C61H102N10O9. The highest BCUT2D eigenvalue weighted by Gasteiger charge is 2.28. The maximum atomic E-state index is 13.4. The molecule has 0 saturated heterocycles. The third-order valence-electron chi connectivity index (χ3n) is 12.8. The number of ketones is 1. The maximum absolute atomic E-state index is 13.4. The number of carbonyl (C=O) groups excluding carboxylic acids is 8. The minimum Gasteiger partial charge on any atom is -0.445 e. The van der Waals surface area contributed by atoms with Crippen molar-refractivity contribution in [2.75, 3.05) is 79.1 Å². The first-order chi connectivity index (χ1) is 38.0. The molecular weight excluding hydrogens is 1020 g/mol. The molecule has 19 nitrogen and oxygen atoms in total. The molecule has 19 heteroatoms. The van der Waals surface area contributed by atoms with Crippen molar-refractivity contribution in [1.29, 1.82) is 0 Å². The van der Waals surface area contributed by atoms with Gasteiger partial charge in [0.15, 0.2) is 0 Å². The van der Waals surface area contributed by atoms with Gasteiger partial charge in [-0.05, 0) is 99.8 Å². The van der Waals surface area contributed by atoms with Crippen molar-refractivity contribution in [1.82, 2.24) is 35.6 Å². The monoisotopic (exact) mass is 1120 g/mol. The van der Waals surface area contributed by atoms with E-state index in [1.54, 1.807) is 9.80 Å². The lowest BCUT2D eigenvalue weighted by Gasteiger charge is -2.31. The molecule has 4 atom stereocenters. The molecule has 0 saturated carbocycles. The summed E-state index contributed by atoms with van der Waals surface area (Å²) in [6, 6.07) is 18.0. The number of hydrogen-bond donors (Lipinski definition) is 6. The number of benzene rings is 2. The van der Waals surface area contributed by atoms with Gasteiger partial charge in [-0.15, -0.1) is 0 Å². The predicted octanol–water partition coefficient (Wildman–Crippen LogP) is 5.62. The van der Waals surface area contributed by atoms with Gasteiger partial charge in [0.25, 0.3) is 0 Å². The van der Waals surface area contributed by atoms with E-state index in [9.17, 15) is 38.4 Å². The van der Waals surface area contributed by atoms with E-state index in [2.05, 4.69) is 43.3 Å². The Balaban J connectivity index is 0.000000818.